The normalized spacial score (nSPS) is 14.3. The first-order valence-corrected chi connectivity index (χ1v) is 9.63. The van der Waals surface area contributed by atoms with Crippen LogP contribution in [0, 0.1) is 0 Å². The van der Waals surface area contributed by atoms with Gasteiger partial charge in [-0.1, -0.05) is 42.6 Å². The number of aromatic nitrogens is 1. The fraction of sp³-hybridized carbons (Fsp3) is 0.444. The lowest BCUT2D eigenvalue weighted by Crippen LogP contribution is -2.38. The van der Waals surface area contributed by atoms with Crippen LogP contribution in [0.3, 0.4) is 0 Å². The van der Waals surface area contributed by atoms with Gasteiger partial charge in [-0.2, -0.15) is 0 Å². The van der Waals surface area contributed by atoms with Crippen molar-refractivity contribution in [3.05, 3.63) is 50.9 Å². The van der Waals surface area contributed by atoms with Crippen LogP contribution in [0.5, 0.6) is 0 Å². The molecule has 25 heavy (non-hydrogen) atoms. The number of halogens is 2. The number of hydrogen-bond donors (Lipinski definition) is 1. The highest BCUT2D eigenvalue weighted by molar-refractivity contribution is 7.09. The monoisotopic (exact) mass is 399 g/mol. The fourth-order valence-corrected chi connectivity index (χ4v) is 4.17. The summed E-state index contributed by atoms with van der Waals surface area (Å²) < 4.78 is 0. The Hall–Kier alpha value is -1.14. The van der Waals surface area contributed by atoms with E-state index >= 15 is 0 Å². The Balaban J connectivity index is 0.00000225. The van der Waals surface area contributed by atoms with Crippen LogP contribution < -0.4 is 5.73 Å². The van der Waals surface area contributed by atoms with Crippen molar-refractivity contribution in [2.24, 2.45) is 5.73 Å². The predicted molar refractivity (Wildman–Crippen MR) is 106 cm³/mol. The maximum atomic E-state index is 13.1. The number of benzene rings is 1. The molecule has 0 saturated heterocycles. The molecule has 0 bridgehead atoms. The quantitative estimate of drug-likeness (QED) is 0.786. The topological polar surface area (TPSA) is 59.2 Å². The Bertz CT molecular complexity index is 701. The summed E-state index contributed by atoms with van der Waals surface area (Å²) in [6.07, 6.45) is 5.16. The summed E-state index contributed by atoms with van der Waals surface area (Å²) in [6.45, 7) is 1.08. The minimum atomic E-state index is 0. The van der Waals surface area contributed by atoms with Gasteiger partial charge in [0.05, 0.1) is 5.01 Å². The average molecular weight is 400 g/mol. The lowest BCUT2D eigenvalue weighted by molar-refractivity contribution is 0.0659. The number of nitrogens with zero attached hydrogens (tertiary/aromatic N) is 2. The van der Waals surface area contributed by atoms with Gasteiger partial charge < -0.3 is 10.6 Å². The number of amides is 1. The van der Waals surface area contributed by atoms with Crippen LogP contribution in [0.15, 0.2) is 29.6 Å². The van der Waals surface area contributed by atoms with E-state index in [1.807, 2.05) is 34.5 Å². The fourth-order valence-electron chi connectivity index (χ4n) is 3.19. The summed E-state index contributed by atoms with van der Waals surface area (Å²) in [5.74, 6) is 0.00124. The molecule has 0 unspecified atom stereocenters. The van der Waals surface area contributed by atoms with Gasteiger partial charge in [0, 0.05) is 29.4 Å². The van der Waals surface area contributed by atoms with Crippen molar-refractivity contribution in [2.45, 2.75) is 44.7 Å². The molecule has 1 fully saturated rings. The van der Waals surface area contributed by atoms with Crippen LogP contribution in [-0.4, -0.2) is 28.4 Å². The van der Waals surface area contributed by atoms with Crippen LogP contribution in [0.2, 0.25) is 5.02 Å². The van der Waals surface area contributed by atoms with E-state index in [1.54, 1.807) is 0 Å². The highest BCUT2D eigenvalue weighted by Gasteiger charge is 2.29. The molecule has 0 atom stereocenters. The summed E-state index contributed by atoms with van der Waals surface area (Å²) in [5, 5.41) is 3.47. The van der Waals surface area contributed by atoms with E-state index in [0.29, 0.717) is 30.2 Å². The first-order chi connectivity index (χ1) is 11.7. The molecular formula is C18H23Cl2N3OS. The van der Waals surface area contributed by atoms with Crippen molar-refractivity contribution in [2.75, 3.05) is 6.54 Å². The second-order valence-electron chi connectivity index (χ2n) is 6.13. The molecule has 1 aliphatic rings. The van der Waals surface area contributed by atoms with Gasteiger partial charge in [-0.3, -0.25) is 4.79 Å². The molecule has 4 nitrogen and oxygen atoms in total. The molecule has 1 saturated carbocycles. The van der Waals surface area contributed by atoms with Gasteiger partial charge in [-0.25, -0.2) is 4.98 Å². The summed E-state index contributed by atoms with van der Waals surface area (Å²) in [7, 11) is 0. The summed E-state index contributed by atoms with van der Waals surface area (Å²) >= 11 is 7.81. The molecule has 0 spiro atoms. The van der Waals surface area contributed by atoms with Crippen LogP contribution >= 0.6 is 35.3 Å². The summed E-state index contributed by atoms with van der Waals surface area (Å²) in [6, 6.07) is 8.00. The number of thiazole rings is 1. The summed E-state index contributed by atoms with van der Waals surface area (Å²) in [4.78, 5) is 19.5. The van der Waals surface area contributed by atoms with Gasteiger partial charge in [0.2, 0.25) is 0 Å². The zero-order valence-electron chi connectivity index (χ0n) is 14.0. The highest BCUT2D eigenvalue weighted by Crippen LogP contribution is 2.28. The van der Waals surface area contributed by atoms with E-state index < -0.39 is 0 Å². The molecule has 136 valence electrons. The molecular weight excluding hydrogens is 377 g/mol. The van der Waals surface area contributed by atoms with Crippen molar-refractivity contribution in [1.82, 2.24) is 9.88 Å². The Labute approximate surface area is 163 Å². The van der Waals surface area contributed by atoms with E-state index in [4.69, 9.17) is 17.3 Å². The minimum Gasteiger partial charge on any atom is -0.330 e. The summed E-state index contributed by atoms with van der Waals surface area (Å²) in [5.41, 5.74) is 7.09. The van der Waals surface area contributed by atoms with Gasteiger partial charge in [0.25, 0.3) is 5.91 Å². The number of rotatable bonds is 6. The zero-order chi connectivity index (χ0) is 16.9. The first kappa shape index (κ1) is 20.2. The zero-order valence-corrected chi connectivity index (χ0v) is 16.4. The minimum absolute atomic E-state index is 0. The number of carbonyl (C=O) groups excluding carboxylic acids is 1. The van der Waals surface area contributed by atoms with Crippen molar-refractivity contribution < 1.29 is 4.79 Å². The molecule has 0 radical (unpaired) electrons. The molecule has 1 amide bonds. The Kier molecular flexibility index (Phi) is 7.69. The van der Waals surface area contributed by atoms with E-state index in [1.165, 1.54) is 24.2 Å². The lowest BCUT2D eigenvalue weighted by Gasteiger charge is -2.29. The number of nitrogens with two attached hydrogens (primary N) is 1. The molecule has 2 aromatic rings. The molecule has 1 aliphatic carbocycles. The lowest BCUT2D eigenvalue weighted by atomic mass is 10.1. The van der Waals surface area contributed by atoms with Gasteiger partial charge in [-0.05, 0) is 31.0 Å². The Morgan fingerprint density at radius 1 is 1.32 bits per heavy atom. The third kappa shape index (κ3) is 4.94. The Morgan fingerprint density at radius 2 is 2.04 bits per heavy atom. The predicted octanol–water partition coefficient (Wildman–Crippen LogP) is 4.30. The van der Waals surface area contributed by atoms with Crippen LogP contribution in [0.1, 0.15) is 46.7 Å². The van der Waals surface area contributed by atoms with E-state index in [0.717, 1.165) is 23.4 Å². The highest BCUT2D eigenvalue weighted by atomic mass is 35.5. The molecule has 7 heteroatoms. The van der Waals surface area contributed by atoms with E-state index in [2.05, 4.69) is 4.98 Å². The molecule has 1 aromatic carbocycles. The number of hydrogen-bond acceptors (Lipinski definition) is 4. The van der Waals surface area contributed by atoms with Crippen molar-refractivity contribution in [3.8, 4) is 0 Å². The third-order valence-corrected chi connectivity index (χ3v) is 5.73. The second-order valence-corrected chi connectivity index (χ2v) is 7.48. The van der Waals surface area contributed by atoms with Gasteiger partial charge in [0.1, 0.15) is 5.69 Å². The van der Waals surface area contributed by atoms with Gasteiger partial charge in [0.15, 0.2) is 0 Å². The van der Waals surface area contributed by atoms with Gasteiger partial charge in [-0.15, -0.1) is 23.7 Å². The van der Waals surface area contributed by atoms with Crippen LogP contribution in [0.4, 0.5) is 0 Å². The Morgan fingerprint density at radius 3 is 2.72 bits per heavy atom. The van der Waals surface area contributed by atoms with Crippen molar-refractivity contribution in [3.63, 3.8) is 0 Å². The SMILES string of the molecule is Cl.NCCc1nc(C(=O)N(Cc2ccccc2Cl)C2CCCC2)cs1. The third-order valence-electron chi connectivity index (χ3n) is 4.45. The molecule has 1 heterocycles. The van der Waals surface area contributed by atoms with Crippen molar-refractivity contribution in [1.29, 1.82) is 0 Å². The maximum absolute atomic E-state index is 13.1. The standard InChI is InChI=1S/C18H22ClN3OS.ClH/c19-15-8-4-1-5-13(15)11-22(14-6-2-3-7-14)18(23)16-12-24-17(21-16)9-10-20;/h1,4-5,8,12,14H,2-3,6-7,9-11,20H2;1H. The van der Waals surface area contributed by atoms with Gasteiger partial charge >= 0.3 is 0 Å². The molecule has 3 rings (SSSR count). The first-order valence-electron chi connectivity index (χ1n) is 8.38. The van der Waals surface area contributed by atoms with E-state index in [9.17, 15) is 4.79 Å². The maximum Gasteiger partial charge on any atom is 0.273 e. The molecule has 2 N–H and O–H groups in total. The average Bonchev–Trinajstić information content (AvgIpc) is 3.25. The second kappa shape index (κ2) is 9.53. The molecule has 0 aliphatic heterocycles. The molecule has 1 aromatic heterocycles. The van der Waals surface area contributed by atoms with E-state index in [-0.39, 0.29) is 24.4 Å². The largest absolute Gasteiger partial charge is 0.330 e. The van der Waals surface area contributed by atoms with Crippen LogP contribution in [-0.2, 0) is 13.0 Å². The van der Waals surface area contributed by atoms with Crippen LogP contribution in [0.25, 0.3) is 0 Å². The van der Waals surface area contributed by atoms with Crippen molar-refractivity contribution >= 4 is 41.3 Å². The smallest absolute Gasteiger partial charge is 0.273 e. The number of carbonyl (C=O) groups is 1.